The van der Waals surface area contributed by atoms with Gasteiger partial charge in [0.15, 0.2) is 5.92 Å². The number of carbonyl (C=O) groups is 2. The molecule has 4 heteroatoms. The van der Waals surface area contributed by atoms with Crippen LogP contribution in [0, 0.1) is 17.8 Å². The third kappa shape index (κ3) is 9.66. The lowest BCUT2D eigenvalue weighted by Gasteiger charge is -2.23. The summed E-state index contributed by atoms with van der Waals surface area (Å²) in [5, 5.41) is 17.7. The molecular formula is C21H36O4. The molecule has 0 saturated carbocycles. The average molecular weight is 353 g/mol. The molecule has 144 valence electrons. The van der Waals surface area contributed by atoms with E-state index >= 15 is 0 Å². The minimum Gasteiger partial charge on any atom is -0.481 e. The third-order valence-electron chi connectivity index (χ3n) is 5.41. The Morgan fingerprint density at radius 3 is 1.76 bits per heavy atom. The van der Waals surface area contributed by atoms with Gasteiger partial charge in [-0.15, -0.1) is 0 Å². The van der Waals surface area contributed by atoms with Gasteiger partial charge in [-0.2, -0.15) is 0 Å². The van der Waals surface area contributed by atoms with Gasteiger partial charge in [-0.1, -0.05) is 70.4 Å². The van der Waals surface area contributed by atoms with E-state index in [0.717, 1.165) is 25.2 Å². The summed E-state index contributed by atoms with van der Waals surface area (Å²) in [7, 11) is 0. The Balaban J connectivity index is 2.06. The zero-order valence-corrected chi connectivity index (χ0v) is 15.8. The second-order valence-corrected chi connectivity index (χ2v) is 7.55. The SMILES string of the molecule is CCCCCCC1C=CC(CCCCCCC(C(=O)O)C(=O)O)CC1. The van der Waals surface area contributed by atoms with Crippen molar-refractivity contribution in [3.05, 3.63) is 12.2 Å². The highest BCUT2D eigenvalue weighted by molar-refractivity contribution is 5.92. The second-order valence-electron chi connectivity index (χ2n) is 7.55. The van der Waals surface area contributed by atoms with Gasteiger partial charge in [-0.25, -0.2) is 0 Å². The summed E-state index contributed by atoms with van der Waals surface area (Å²) >= 11 is 0. The lowest BCUT2D eigenvalue weighted by atomic mass is 9.83. The van der Waals surface area contributed by atoms with Crippen LogP contribution in [0.2, 0.25) is 0 Å². The summed E-state index contributed by atoms with van der Waals surface area (Å²) in [6, 6.07) is 0. The molecule has 0 aliphatic heterocycles. The highest BCUT2D eigenvalue weighted by Gasteiger charge is 2.24. The number of rotatable bonds is 14. The molecule has 0 bridgehead atoms. The van der Waals surface area contributed by atoms with E-state index in [4.69, 9.17) is 10.2 Å². The van der Waals surface area contributed by atoms with Crippen molar-refractivity contribution in [2.75, 3.05) is 0 Å². The molecule has 1 aliphatic carbocycles. The minimum atomic E-state index is -1.24. The van der Waals surface area contributed by atoms with Crippen LogP contribution in [-0.2, 0) is 9.59 Å². The molecule has 1 aliphatic rings. The van der Waals surface area contributed by atoms with Crippen LogP contribution in [0.15, 0.2) is 12.2 Å². The van der Waals surface area contributed by atoms with Crippen molar-refractivity contribution in [3.63, 3.8) is 0 Å². The Hall–Kier alpha value is -1.32. The van der Waals surface area contributed by atoms with E-state index in [0.29, 0.717) is 12.3 Å². The molecule has 0 saturated heterocycles. The number of carboxylic acid groups (broad SMARTS) is 2. The second kappa shape index (κ2) is 13.0. The molecule has 2 unspecified atom stereocenters. The van der Waals surface area contributed by atoms with E-state index in [1.54, 1.807) is 0 Å². The standard InChI is InChI=1S/C21H36O4/c1-2-3-4-7-10-17-13-15-18(16-14-17)11-8-5-6-9-12-19(20(22)23)21(24)25/h13,15,17-19H,2-12,14,16H2,1H3,(H,22,23)(H,24,25). The number of allylic oxidation sites excluding steroid dienone is 2. The first kappa shape index (κ1) is 21.7. The van der Waals surface area contributed by atoms with Gasteiger partial charge in [0.05, 0.1) is 0 Å². The molecule has 0 amide bonds. The van der Waals surface area contributed by atoms with Crippen LogP contribution in [0.25, 0.3) is 0 Å². The van der Waals surface area contributed by atoms with Gasteiger partial charge in [0.25, 0.3) is 0 Å². The van der Waals surface area contributed by atoms with Gasteiger partial charge in [0, 0.05) is 0 Å². The largest absolute Gasteiger partial charge is 0.481 e. The maximum Gasteiger partial charge on any atom is 0.317 e. The summed E-state index contributed by atoms with van der Waals surface area (Å²) in [6.45, 7) is 2.25. The van der Waals surface area contributed by atoms with E-state index in [1.165, 1.54) is 51.4 Å². The smallest absolute Gasteiger partial charge is 0.317 e. The quantitative estimate of drug-likeness (QED) is 0.240. The Kier molecular flexibility index (Phi) is 11.3. The van der Waals surface area contributed by atoms with Crippen molar-refractivity contribution in [3.8, 4) is 0 Å². The number of aliphatic carboxylic acids is 2. The topological polar surface area (TPSA) is 74.6 Å². The molecule has 25 heavy (non-hydrogen) atoms. The lowest BCUT2D eigenvalue weighted by Crippen LogP contribution is -2.23. The predicted octanol–water partition coefficient (Wildman–Crippen LogP) is 5.67. The highest BCUT2D eigenvalue weighted by atomic mass is 16.4. The van der Waals surface area contributed by atoms with Gasteiger partial charge in [0.2, 0.25) is 0 Å². The van der Waals surface area contributed by atoms with Crippen LogP contribution >= 0.6 is 0 Å². The zero-order valence-electron chi connectivity index (χ0n) is 15.8. The molecular weight excluding hydrogens is 316 g/mol. The predicted molar refractivity (Wildman–Crippen MR) is 101 cm³/mol. The maximum atomic E-state index is 10.8. The maximum absolute atomic E-state index is 10.8. The number of hydrogen-bond acceptors (Lipinski definition) is 2. The van der Waals surface area contributed by atoms with Crippen LogP contribution in [0.1, 0.15) is 90.4 Å². The fraction of sp³-hybridized carbons (Fsp3) is 0.810. The molecule has 2 atom stereocenters. The van der Waals surface area contributed by atoms with Crippen molar-refractivity contribution in [1.29, 1.82) is 0 Å². The van der Waals surface area contributed by atoms with Crippen molar-refractivity contribution in [2.45, 2.75) is 90.4 Å². The van der Waals surface area contributed by atoms with Crippen LogP contribution in [0.5, 0.6) is 0 Å². The molecule has 4 nitrogen and oxygen atoms in total. The van der Waals surface area contributed by atoms with E-state index in [1.807, 2.05) is 0 Å². The molecule has 2 N–H and O–H groups in total. The van der Waals surface area contributed by atoms with Gasteiger partial charge in [-0.3, -0.25) is 9.59 Å². The average Bonchev–Trinajstić information content (AvgIpc) is 2.58. The molecule has 0 aromatic heterocycles. The molecule has 0 radical (unpaired) electrons. The summed E-state index contributed by atoms with van der Waals surface area (Å²) in [5.74, 6) is -2.18. The van der Waals surface area contributed by atoms with Gasteiger partial charge < -0.3 is 10.2 Å². The Morgan fingerprint density at radius 1 is 0.840 bits per heavy atom. The van der Waals surface area contributed by atoms with Gasteiger partial charge in [-0.05, 0) is 43.9 Å². The number of carboxylic acids is 2. The summed E-state index contributed by atoms with van der Waals surface area (Å²) in [4.78, 5) is 21.6. The van der Waals surface area contributed by atoms with Crippen LogP contribution < -0.4 is 0 Å². The fourth-order valence-corrected chi connectivity index (χ4v) is 3.71. The molecule has 0 aromatic rings. The monoisotopic (exact) mass is 352 g/mol. The Labute approximate surface area is 152 Å². The van der Waals surface area contributed by atoms with E-state index in [-0.39, 0.29) is 6.42 Å². The number of hydrogen-bond donors (Lipinski definition) is 2. The molecule has 0 heterocycles. The minimum absolute atomic E-state index is 0.244. The van der Waals surface area contributed by atoms with Crippen molar-refractivity contribution < 1.29 is 19.8 Å². The van der Waals surface area contributed by atoms with Crippen molar-refractivity contribution in [1.82, 2.24) is 0 Å². The lowest BCUT2D eigenvalue weighted by molar-refractivity contribution is -0.154. The first-order chi connectivity index (χ1) is 12.0. The molecule has 0 spiro atoms. The molecule has 0 fully saturated rings. The molecule has 0 aromatic carbocycles. The van der Waals surface area contributed by atoms with Crippen molar-refractivity contribution >= 4 is 11.9 Å². The molecule has 1 rings (SSSR count). The van der Waals surface area contributed by atoms with Crippen LogP contribution in [0.4, 0.5) is 0 Å². The summed E-state index contributed by atoms with van der Waals surface area (Å²) in [5.41, 5.74) is 0. The van der Waals surface area contributed by atoms with Gasteiger partial charge in [0.1, 0.15) is 0 Å². The van der Waals surface area contributed by atoms with E-state index in [9.17, 15) is 9.59 Å². The van der Waals surface area contributed by atoms with E-state index < -0.39 is 17.9 Å². The zero-order chi connectivity index (χ0) is 18.5. The van der Waals surface area contributed by atoms with Crippen LogP contribution in [-0.4, -0.2) is 22.2 Å². The third-order valence-corrected chi connectivity index (χ3v) is 5.41. The van der Waals surface area contributed by atoms with E-state index in [2.05, 4.69) is 19.1 Å². The first-order valence-corrected chi connectivity index (χ1v) is 10.2. The number of unbranched alkanes of at least 4 members (excludes halogenated alkanes) is 6. The first-order valence-electron chi connectivity index (χ1n) is 10.2. The normalized spacial score (nSPS) is 20.1. The Bertz CT molecular complexity index is 402. The summed E-state index contributed by atoms with van der Waals surface area (Å²) < 4.78 is 0. The highest BCUT2D eigenvalue weighted by Crippen LogP contribution is 2.29. The van der Waals surface area contributed by atoms with Crippen molar-refractivity contribution in [2.24, 2.45) is 17.8 Å². The van der Waals surface area contributed by atoms with Crippen LogP contribution in [0.3, 0.4) is 0 Å². The van der Waals surface area contributed by atoms with Gasteiger partial charge >= 0.3 is 11.9 Å². The fourth-order valence-electron chi connectivity index (χ4n) is 3.71. The summed E-state index contributed by atoms with van der Waals surface area (Å²) in [6.07, 6.45) is 19.5. The Morgan fingerprint density at radius 2 is 1.32 bits per heavy atom.